The first-order valence-corrected chi connectivity index (χ1v) is 10.1. The fourth-order valence-electron chi connectivity index (χ4n) is 3.60. The van der Waals surface area contributed by atoms with E-state index in [-0.39, 0.29) is 18.0 Å². The fourth-order valence-corrected chi connectivity index (χ4v) is 3.60. The van der Waals surface area contributed by atoms with E-state index in [4.69, 9.17) is 0 Å². The van der Waals surface area contributed by atoms with Gasteiger partial charge in [0.15, 0.2) is 0 Å². The van der Waals surface area contributed by atoms with Crippen LogP contribution in [0.2, 0.25) is 0 Å². The maximum Gasteiger partial charge on any atom is 0.261 e. The molecule has 1 fully saturated rings. The minimum Gasteiger partial charge on any atom is -0.354 e. The van der Waals surface area contributed by atoms with Crippen molar-refractivity contribution in [1.29, 1.82) is 0 Å². The van der Waals surface area contributed by atoms with Crippen LogP contribution in [0.1, 0.15) is 12.6 Å². The molecule has 0 saturated carbocycles. The number of para-hydroxylation sites is 1. The molecule has 1 N–H and O–H groups in total. The number of piperazine rings is 1. The molecule has 9 heteroatoms. The summed E-state index contributed by atoms with van der Waals surface area (Å²) in [6.07, 6.45) is 1.45. The summed E-state index contributed by atoms with van der Waals surface area (Å²) >= 11 is 0. The summed E-state index contributed by atoms with van der Waals surface area (Å²) in [5.74, 6) is 1.40. The maximum atomic E-state index is 12.8. The molecule has 30 heavy (non-hydrogen) atoms. The Hall–Kier alpha value is -3.49. The molecule has 2 aromatic heterocycles. The molecule has 0 bridgehead atoms. The second-order valence-corrected chi connectivity index (χ2v) is 7.28. The average molecular weight is 407 g/mol. The number of carbonyl (C=O) groups is 1. The maximum absolute atomic E-state index is 12.8. The van der Waals surface area contributed by atoms with E-state index in [1.54, 1.807) is 23.1 Å². The molecule has 9 nitrogen and oxygen atoms in total. The number of aromatic nitrogens is 4. The summed E-state index contributed by atoms with van der Waals surface area (Å²) in [5.41, 5.74) is 1.34. The van der Waals surface area contributed by atoms with E-state index in [9.17, 15) is 9.59 Å². The van der Waals surface area contributed by atoms with Crippen LogP contribution in [0.4, 0.5) is 11.8 Å². The number of benzene rings is 1. The number of fused-ring (bicyclic) bond motifs is 1. The second-order valence-electron chi connectivity index (χ2n) is 7.28. The predicted molar refractivity (Wildman–Crippen MR) is 116 cm³/mol. The number of aryl methyl sites for hydroxylation is 1. The lowest BCUT2D eigenvalue weighted by molar-refractivity contribution is -0.132. The second kappa shape index (κ2) is 8.48. The Morgan fingerprint density at radius 3 is 2.67 bits per heavy atom. The van der Waals surface area contributed by atoms with Gasteiger partial charge in [0.2, 0.25) is 11.9 Å². The van der Waals surface area contributed by atoms with Gasteiger partial charge >= 0.3 is 0 Å². The molecule has 3 aromatic rings. The average Bonchev–Trinajstić information content (AvgIpc) is 2.76. The molecular formula is C21H25N7O2. The summed E-state index contributed by atoms with van der Waals surface area (Å²) in [5, 5.41) is 3.67. The van der Waals surface area contributed by atoms with Gasteiger partial charge in [-0.2, -0.15) is 4.98 Å². The largest absolute Gasteiger partial charge is 0.354 e. The van der Waals surface area contributed by atoms with Crippen molar-refractivity contribution >= 4 is 28.6 Å². The molecule has 1 amide bonds. The molecular weight excluding hydrogens is 382 g/mol. The Morgan fingerprint density at radius 2 is 1.90 bits per heavy atom. The van der Waals surface area contributed by atoms with Gasteiger partial charge in [-0.15, -0.1) is 0 Å². The van der Waals surface area contributed by atoms with Crippen LogP contribution in [0.5, 0.6) is 0 Å². The van der Waals surface area contributed by atoms with Crippen LogP contribution in [-0.2, 0) is 11.3 Å². The third-order valence-electron chi connectivity index (χ3n) is 5.17. The minimum atomic E-state index is -0.194. The minimum absolute atomic E-state index is 0.00610. The number of hydrogen-bond donors (Lipinski definition) is 1. The third kappa shape index (κ3) is 4.10. The van der Waals surface area contributed by atoms with Gasteiger partial charge < -0.3 is 15.1 Å². The van der Waals surface area contributed by atoms with Gasteiger partial charge in [-0.25, -0.2) is 9.97 Å². The van der Waals surface area contributed by atoms with Crippen molar-refractivity contribution in [2.24, 2.45) is 0 Å². The molecule has 1 aliphatic heterocycles. The molecule has 3 heterocycles. The first-order chi connectivity index (χ1) is 14.5. The molecule has 1 aliphatic rings. The highest BCUT2D eigenvalue weighted by Crippen LogP contribution is 2.17. The summed E-state index contributed by atoms with van der Waals surface area (Å²) in [4.78, 5) is 42.6. The lowest BCUT2D eigenvalue weighted by Gasteiger charge is -2.35. The molecule has 1 aromatic carbocycles. The van der Waals surface area contributed by atoms with Crippen molar-refractivity contribution in [3.8, 4) is 0 Å². The Bertz CT molecular complexity index is 1120. The Labute approximate surface area is 174 Å². The van der Waals surface area contributed by atoms with E-state index in [2.05, 4.69) is 25.2 Å². The summed E-state index contributed by atoms with van der Waals surface area (Å²) in [6, 6.07) is 9.12. The molecule has 0 spiro atoms. The fraction of sp³-hybridized carbons (Fsp3) is 0.381. The summed E-state index contributed by atoms with van der Waals surface area (Å²) < 4.78 is 1.38. The van der Waals surface area contributed by atoms with E-state index in [1.165, 1.54) is 10.9 Å². The van der Waals surface area contributed by atoms with Crippen LogP contribution in [-0.4, -0.2) is 63.0 Å². The molecule has 4 rings (SSSR count). The van der Waals surface area contributed by atoms with Crippen molar-refractivity contribution in [2.75, 3.05) is 42.9 Å². The number of anilines is 2. The van der Waals surface area contributed by atoms with Crippen molar-refractivity contribution in [1.82, 2.24) is 24.4 Å². The third-order valence-corrected chi connectivity index (χ3v) is 5.17. The van der Waals surface area contributed by atoms with Crippen LogP contribution in [0.25, 0.3) is 10.9 Å². The van der Waals surface area contributed by atoms with Gasteiger partial charge in [0, 0.05) is 44.5 Å². The van der Waals surface area contributed by atoms with E-state index in [0.29, 0.717) is 43.0 Å². The van der Waals surface area contributed by atoms with Gasteiger partial charge in [-0.3, -0.25) is 14.2 Å². The van der Waals surface area contributed by atoms with Gasteiger partial charge in [0.05, 0.1) is 17.2 Å². The Balaban J connectivity index is 1.42. The van der Waals surface area contributed by atoms with Crippen molar-refractivity contribution in [3.05, 3.63) is 52.7 Å². The van der Waals surface area contributed by atoms with Crippen LogP contribution in [0, 0.1) is 6.92 Å². The zero-order valence-corrected chi connectivity index (χ0v) is 17.2. The standard InChI is InChI=1S/C21H25N7O2/c1-3-22-21-24-15(2)12-18(25-21)26-8-10-27(11-9-26)19(29)13-28-14-23-17-7-5-4-6-16(17)20(28)30/h4-7,12,14H,3,8-11,13H2,1-2H3,(H,22,24,25). The monoisotopic (exact) mass is 407 g/mol. The van der Waals surface area contributed by atoms with Crippen LogP contribution in [0.15, 0.2) is 41.5 Å². The van der Waals surface area contributed by atoms with Crippen LogP contribution >= 0.6 is 0 Å². The van der Waals surface area contributed by atoms with Crippen molar-refractivity contribution in [3.63, 3.8) is 0 Å². The van der Waals surface area contributed by atoms with Gasteiger partial charge in [0.25, 0.3) is 5.56 Å². The molecule has 0 aliphatic carbocycles. The van der Waals surface area contributed by atoms with E-state index < -0.39 is 0 Å². The molecule has 0 radical (unpaired) electrons. The smallest absolute Gasteiger partial charge is 0.261 e. The number of hydrogen-bond acceptors (Lipinski definition) is 7. The summed E-state index contributed by atoms with van der Waals surface area (Å²) in [7, 11) is 0. The number of amides is 1. The van der Waals surface area contributed by atoms with Gasteiger partial charge in [0.1, 0.15) is 12.4 Å². The highest BCUT2D eigenvalue weighted by atomic mass is 16.2. The number of nitrogens with one attached hydrogen (secondary N) is 1. The molecule has 1 saturated heterocycles. The number of rotatable bonds is 5. The van der Waals surface area contributed by atoms with E-state index in [1.807, 2.05) is 26.0 Å². The summed E-state index contributed by atoms with van der Waals surface area (Å²) in [6.45, 7) is 7.22. The Kier molecular flexibility index (Phi) is 5.60. The van der Waals surface area contributed by atoms with Crippen molar-refractivity contribution < 1.29 is 4.79 Å². The van der Waals surface area contributed by atoms with Gasteiger partial charge in [-0.1, -0.05) is 12.1 Å². The number of carbonyl (C=O) groups excluding carboxylic acids is 1. The zero-order chi connectivity index (χ0) is 21.1. The first-order valence-electron chi connectivity index (χ1n) is 10.1. The van der Waals surface area contributed by atoms with Gasteiger partial charge in [-0.05, 0) is 26.0 Å². The topological polar surface area (TPSA) is 96.3 Å². The quantitative estimate of drug-likeness (QED) is 0.680. The van der Waals surface area contributed by atoms with Crippen LogP contribution < -0.4 is 15.8 Å². The molecule has 0 unspecified atom stereocenters. The SMILES string of the molecule is CCNc1nc(C)cc(N2CCN(C(=O)Cn3cnc4ccccc4c3=O)CC2)n1. The molecule has 0 atom stereocenters. The van der Waals surface area contributed by atoms with E-state index >= 15 is 0 Å². The lowest BCUT2D eigenvalue weighted by Crippen LogP contribution is -2.50. The van der Waals surface area contributed by atoms with Crippen molar-refractivity contribution in [2.45, 2.75) is 20.4 Å². The van der Waals surface area contributed by atoms with Crippen LogP contribution in [0.3, 0.4) is 0 Å². The zero-order valence-electron chi connectivity index (χ0n) is 17.2. The van der Waals surface area contributed by atoms with E-state index in [0.717, 1.165) is 18.1 Å². The normalized spacial score (nSPS) is 14.2. The highest BCUT2D eigenvalue weighted by Gasteiger charge is 2.23. The first kappa shape index (κ1) is 19.8. The molecule has 156 valence electrons. The predicted octanol–water partition coefficient (Wildman–Crippen LogP) is 1.28. The Morgan fingerprint density at radius 1 is 1.13 bits per heavy atom. The number of nitrogens with zero attached hydrogens (tertiary/aromatic N) is 6. The highest BCUT2D eigenvalue weighted by molar-refractivity contribution is 5.79. The lowest BCUT2D eigenvalue weighted by atomic mass is 10.2.